The van der Waals surface area contributed by atoms with E-state index in [0.717, 1.165) is 12.0 Å². The minimum atomic E-state index is -0.336. The summed E-state index contributed by atoms with van der Waals surface area (Å²) < 4.78 is 14.3. The van der Waals surface area contributed by atoms with Crippen molar-refractivity contribution in [2.24, 2.45) is 11.8 Å². The molecule has 0 bridgehead atoms. The molecule has 0 aliphatic rings. The van der Waals surface area contributed by atoms with Crippen LogP contribution in [0.2, 0.25) is 0 Å². The van der Waals surface area contributed by atoms with Crippen molar-refractivity contribution in [1.82, 2.24) is 5.43 Å². The van der Waals surface area contributed by atoms with Crippen molar-refractivity contribution in [3.63, 3.8) is 0 Å². The first-order chi connectivity index (χ1) is 10.0. The van der Waals surface area contributed by atoms with Gasteiger partial charge in [-0.05, 0) is 36.0 Å². The number of halogens is 1. The highest BCUT2D eigenvalue weighted by Crippen LogP contribution is 2.26. The Labute approximate surface area is 126 Å². The number of rotatable bonds is 5. The third-order valence-corrected chi connectivity index (χ3v) is 3.63. The van der Waals surface area contributed by atoms with Crippen molar-refractivity contribution < 1.29 is 4.39 Å². The molecule has 21 heavy (non-hydrogen) atoms. The molecule has 0 radical (unpaired) electrons. The van der Waals surface area contributed by atoms with Crippen LogP contribution in [0.1, 0.15) is 42.1 Å². The largest absolute Gasteiger partial charge is 0.271 e. The van der Waals surface area contributed by atoms with Gasteiger partial charge in [-0.1, -0.05) is 56.3 Å². The lowest BCUT2D eigenvalue weighted by atomic mass is 9.94. The molecule has 2 rings (SSSR count). The molecule has 0 fully saturated rings. The number of hydrazine groups is 1. The molecule has 2 aromatic rings. The van der Waals surface area contributed by atoms with Crippen LogP contribution in [-0.2, 0) is 6.42 Å². The number of aryl methyl sites for hydroxylation is 1. The smallest absolute Gasteiger partial charge is 0.131 e. The van der Waals surface area contributed by atoms with Crippen molar-refractivity contribution in [1.29, 1.82) is 0 Å². The molecule has 3 N–H and O–H groups in total. The summed E-state index contributed by atoms with van der Waals surface area (Å²) in [5.74, 6) is 6.07. The van der Waals surface area contributed by atoms with Gasteiger partial charge in [0.2, 0.25) is 0 Å². The molecule has 2 aromatic carbocycles. The van der Waals surface area contributed by atoms with Crippen LogP contribution in [-0.4, -0.2) is 0 Å². The highest BCUT2D eigenvalue weighted by Gasteiger charge is 2.17. The van der Waals surface area contributed by atoms with E-state index in [1.807, 2.05) is 18.2 Å². The van der Waals surface area contributed by atoms with Gasteiger partial charge in [0.25, 0.3) is 0 Å². The summed E-state index contributed by atoms with van der Waals surface area (Å²) in [6, 6.07) is 13.3. The monoisotopic (exact) mass is 286 g/mol. The van der Waals surface area contributed by atoms with E-state index in [0.29, 0.717) is 17.0 Å². The van der Waals surface area contributed by atoms with Gasteiger partial charge in [0, 0.05) is 5.56 Å². The van der Waals surface area contributed by atoms with Gasteiger partial charge in [-0.25, -0.2) is 9.82 Å². The molecule has 0 amide bonds. The molecule has 1 unspecified atom stereocenters. The van der Waals surface area contributed by atoms with Crippen molar-refractivity contribution in [3.05, 3.63) is 70.5 Å². The van der Waals surface area contributed by atoms with Gasteiger partial charge >= 0.3 is 0 Å². The highest BCUT2D eigenvalue weighted by molar-refractivity contribution is 5.37. The average molecular weight is 286 g/mol. The number of hydrogen-bond donors (Lipinski definition) is 2. The van der Waals surface area contributed by atoms with Crippen molar-refractivity contribution in [2.75, 3.05) is 0 Å². The van der Waals surface area contributed by atoms with Gasteiger partial charge in [0.15, 0.2) is 0 Å². The second kappa shape index (κ2) is 6.83. The fourth-order valence-electron chi connectivity index (χ4n) is 2.63. The van der Waals surface area contributed by atoms with Crippen LogP contribution in [0, 0.1) is 18.7 Å². The maximum absolute atomic E-state index is 14.3. The fourth-order valence-corrected chi connectivity index (χ4v) is 2.63. The number of nitrogens with two attached hydrogens (primary N) is 1. The van der Waals surface area contributed by atoms with E-state index in [2.05, 4.69) is 31.4 Å². The van der Waals surface area contributed by atoms with Crippen LogP contribution in [0.5, 0.6) is 0 Å². The Bertz CT molecular complexity index is 608. The predicted octanol–water partition coefficient (Wildman–Crippen LogP) is 3.89. The maximum atomic E-state index is 14.3. The van der Waals surface area contributed by atoms with Crippen LogP contribution in [0.25, 0.3) is 0 Å². The first-order valence-electron chi connectivity index (χ1n) is 7.33. The lowest BCUT2D eigenvalue weighted by Gasteiger charge is -2.19. The Morgan fingerprint density at radius 3 is 2.52 bits per heavy atom. The SMILES string of the molecule is Cc1cccc(C(NN)c2cccc(CC(C)C)c2)c1F. The van der Waals surface area contributed by atoms with E-state index in [1.165, 1.54) is 5.56 Å². The quantitative estimate of drug-likeness (QED) is 0.646. The zero-order valence-corrected chi connectivity index (χ0v) is 12.9. The predicted molar refractivity (Wildman–Crippen MR) is 85.3 cm³/mol. The summed E-state index contributed by atoms with van der Waals surface area (Å²) in [5, 5.41) is 0. The van der Waals surface area contributed by atoms with E-state index >= 15 is 0 Å². The zero-order valence-electron chi connectivity index (χ0n) is 12.9. The number of benzene rings is 2. The summed E-state index contributed by atoms with van der Waals surface area (Å²) in [6.07, 6.45) is 1.00. The van der Waals surface area contributed by atoms with E-state index < -0.39 is 0 Å². The van der Waals surface area contributed by atoms with Gasteiger partial charge in [0.1, 0.15) is 5.82 Å². The van der Waals surface area contributed by atoms with Crippen molar-refractivity contribution in [3.8, 4) is 0 Å². The molecule has 1 atom stereocenters. The maximum Gasteiger partial charge on any atom is 0.131 e. The van der Waals surface area contributed by atoms with Crippen LogP contribution < -0.4 is 11.3 Å². The first-order valence-corrected chi connectivity index (χ1v) is 7.33. The Hall–Kier alpha value is -1.71. The Morgan fingerprint density at radius 2 is 1.86 bits per heavy atom. The third kappa shape index (κ3) is 3.69. The molecule has 0 spiro atoms. The summed E-state index contributed by atoms with van der Waals surface area (Å²) in [6.45, 7) is 6.14. The Morgan fingerprint density at radius 1 is 1.14 bits per heavy atom. The van der Waals surface area contributed by atoms with E-state index in [4.69, 9.17) is 5.84 Å². The molecule has 0 aliphatic heterocycles. The Kier molecular flexibility index (Phi) is 5.10. The third-order valence-electron chi connectivity index (χ3n) is 3.63. The zero-order chi connectivity index (χ0) is 15.4. The molecule has 0 aromatic heterocycles. The first kappa shape index (κ1) is 15.7. The summed E-state index contributed by atoms with van der Waals surface area (Å²) in [5.41, 5.74) is 6.19. The van der Waals surface area contributed by atoms with Gasteiger partial charge in [-0.15, -0.1) is 0 Å². The fraction of sp³-hybridized carbons (Fsp3) is 0.333. The summed E-state index contributed by atoms with van der Waals surface area (Å²) >= 11 is 0. The van der Waals surface area contributed by atoms with Crippen molar-refractivity contribution >= 4 is 0 Å². The minimum Gasteiger partial charge on any atom is -0.271 e. The normalized spacial score (nSPS) is 12.7. The summed E-state index contributed by atoms with van der Waals surface area (Å²) in [7, 11) is 0. The molecular formula is C18H23FN2. The van der Waals surface area contributed by atoms with Crippen LogP contribution in [0.3, 0.4) is 0 Å². The number of nitrogens with one attached hydrogen (secondary N) is 1. The summed E-state index contributed by atoms with van der Waals surface area (Å²) in [4.78, 5) is 0. The lowest BCUT2D eigenvalue weighted by Crippen LogP contribution is -2.29. The average Bonchev–Trinajstić information content (AvgIpc) is 2.44. The van der Waals surface area contributed by atoms with Gasteiger partial charge in [-0.2, -0.15) is 0 Å². The highest BCUT2D eigenvalue weighted by atomic mass is 19.1. The molecule has 112 valence electrons. The number of hydrogen-bond acceptors (Lipinski definition) is 2. The van der Waals surface area contributed by atoms with Crippen LogP contribution in [0.4, 0.5) is 4.39 Å². The molecule has 0 saturated carbocycles. The molecular weight excluding hydrogens is 263 g/mol. The second-order valence-electron chi connectivity index (χ2n) is 5.92. The van der Waals surface area contributed by atoms with Crippen molar-refractivity contribution in [2.45, 2.75) is 33.2 Å². The van der Waals surface area contributed by atoms with Gasteiger partial charge < -0.3 is 0 Å². The van der Waals surface area contributed by atoms with Crippen LogP contribution in [0.15, 0.2) is 42.5 Å². The van der Waals surface area contributed by atoms with E-state index in [1.54, 1.807) is 19.1 Å². The standard InChI is InChI=1S/C18H23FN2/c1-12(2)10-14-7-5-8-15(11-14)18(21-20)16-9-4-6-13(3)17(16)19/h4-9,11-12,18,21H,10,20H2,1-3H3. The van der Waals surface area contributed by atoms with E-state index in [-0.39, 0.29) is 11.9 Å². The topological polar surface area (TPSA) is 38.0 Å². The molecule has 0 saturated heterocycles. The molecule has 0 heterocycles. The second-order valence-corrected chi connectivity index (χ2v) is 5.92. The van der Waals surface area contributed by atoms with Crippen LogP contribution >= 0.6 is 0 Å². The van der Waals surface area contributed by atoms with Gasteiger partial charge in [-0.3, -0.25) is 5.84 Å². The Balaban J connectivity index is 2.39. The molecule has 2 nitrogen and oxygen atoms in total. The van der Waals surface area contributed by atoms with E-state index in [9.17, 15) is 4.39 Å². The minimum absolute atomic E-state index is 0.199. The van der Waals surface area contributed by atoms with Gasteiger partial charge in [0.05, 0.1) is 6.04 Å². The molecule has 3 heteroatoms. The molecule has 0 aliphatic carbocycles. The lowest BCUT2D eigenvalue weighted by molar-refractivity contribution is 0.554.